The summed E-state index contributed by atoms with van der Waals surface area (Å²) >= 11 is 3.18. The van der Waals surface area contributed by atoms with Crippen molar-refractivity contribution in [2.24, 2.45) is 5.14 Å². The average molecular weight is 499 g/mol. The van der Waals surface area contributed by atoms with Gasteiger partial charge in [0.15, 0.2) is 6.61 Å². The molecule has 1 fully saturated rings. The van der Waals surface area contributed by atoms with Gasteiger partial charge in [-0.1, -0.05) is 0 Å². The molecule has 1 saturated heterocycles. The second-order valence-corrected chi connectivity index (χ2v) is 9.63. The van der Waals surface area contributed by atoms with Gasteiger partial charge in [0.05, 0.1) is 16.6 Å². The summed E-state index contributed by atoms with van der Waals surface area (Å²) in [5.41, 5.74) is 2.18. The third-order valence-corrected chi connectivity index (χ3v) is 6.71. The van der Waals surface area contributed by atoms with Crippen molar-refractivity contribution in [1.29, 1.82) is 0 Å². The van der Waals surface area contributed by atoms with Crippen molar-refractivity contribution in [3.63, 3.8) is 0 Å². The summed E-state index contributed by atoms with van der Waals surface area (Å²) in [6, 6.07) is 5.54. The van der Waals surface area contributed by atoms with Crippen LogP contribution in [0.25, 0.3) is 0 Å². The summed E-state index contributed by atoms with van der Waals surface area (Å²) in [4.78, 5) is 24.9. The SMILES string of the molecule is Cc1cc(C(=O)COC(=O)c2cc(S(N)(=O)=O)ccc2Br)c(C)n1CC1CCCO1. The molecule has 1 atom stereocenters. The Bertz CT molecular complexity index is 1090. The molecule has 10 heteroatoms. The fourth-order valence-corrected chi connectivity index (χ4v) is 4.43. The van der Waals surface area contributed by atoms with E-state index in [2.05, 4.69) is 15.9 Å². The fourth-order valence-electron chi connectivity index (χ4n) is 3.48. The van der Waals surface area contributed by atoms with E-state index in [0.29, 0.717) is 16.6 Å². The van der Waals surface area contributed by atoms with Crippen LogP contribution in [0.15, 0.2) is 33.6 Å². The lowest BCUT2D eigenvalue weighted by molar-refractivity contribution is 0.0473. The number of sulfonamides is 1. The minimum Gasteiger partial charge on any atom is -0.454 e. The maximum absolute atomic E-state index is 12.7. The zero-order valence-corrected chi connectivity index (χ0v) is 19.1. The molecule has 0 bridgehead atoms. The Morgan fingerprint density at radius 3 is 2.63 bits per heavy atom. The summed E-state index contributed by atoms with van der Waals surface area (Å²) < 4.78 is 36.2. The van der Waals surface area contributed by atoms with Gasteiger partial charge in [0.2, 0.25) is 15.8 Å². The van der Waals surface area contributed by atoms with Crippen LogP contribution in [0.4, 0.5) is 0 Å². The zero-order chi connectivity index (χ0) is 22.1. The summed E-state index contributed by atoms with van der Waals surface area (Å²) in [5.74, 6) is -1.16. The molecule has 0 aliphatic carbocycles. The van der Waals surface area contributed by atoms with Crippen LogP contribution in [0.5, 0.6) is 0 Å². The van der Waals surface area contributed by atoms with Crippen LogP contribution in [0, 0.1) is 13.8 Å². The number of primary sulfonamides is 1. The first-order chi connectivity index (χ1) is 14.1. The van der Waals surface area contributed by atoms with Gasteiger partial charge in [-0.25, -0.2) is 18.4 Å². The normalized spacial score (nSPS) is 16.6. The second kappa shape index (κ2) is 9.01. The van der Waals surface area contributed by atoms with Gasteiger partial charge in [-0.15, -0.1) is 0 Å². The Hall–Kier alpha value is -2.01. The number of hydrogen-bond donors (Lipinski definition) is 1. The summed E-state index contributed by atoms with van der Waals surface area (Å²) in [6.45, 7) is 4.74. The third kappa shape index (κ3) is 5.00. The molecule has 0 saturated carbocycles. The number of nitrogens with two attached hydrogens (primary N) is 1. The molecule has 2 aromatic rings. The highest BCUT2D eigenvalue weighted by atomic mass is 79.9. The number of nitrogens with zero attached hydrogens (tertiary/aromatic N) is 1. The van der Waals surface area contributed by atoms with E-state index in [1.54, 1.807) is 6.07 Å². The first-order valence-corrected chi connectivity index (χ1v) is 11.7. The van der Waals surface area contributed by atoms with Gasteiger partial charge < -0.3 is 14.0 Å². The topological polar surface area (TPSA) is 118 Å². The molecule has 1 aliphatic rings. The monoisotopic (exact) mass is 498 g/mol. The van der Waals surface area contributed by atoms with Crippen LogP contribution < -0.4 is 5.14 Å². The molecule has 0 amide bonds. The number of ether oxygens (including phenoxy) is 2. The number of halogens is 1. The van der Waals surface area contributed by atoms with Gasteiger partial charge >= 0.3 is 5.97 Å². The number of Topliss-reactive ketones (excluding diaryl/α,β-unsaturated/α-hetero) is 1. The van der Waals surface area contributed by atoms with Crippen molar-refractivity contribution in [2.75, 3.05) is 13.2 Å². The van der Waals surface area contributed by atoms with Crippen molar-refractivity contribution >= 4 is 37.7 Å². The van der Waals surface area contributed by atoms with Gasteiger partial charge in [-0.3, -0.25) is 4.79 Å². The Balaban J connectivity index is 1.71. The number of carbonyl (C=O) groups is 2. The molecule has 8 nitrogen and oxygen atoms in total. The van der Waals surface area contributed by atoms with Gasteiger partial charge in [0.25, 0.3) is 0 Å². The highest BCUT2D eigenvalue weighted by molar-refractivity contribution is 9.10. The molecule has 2 heterocycles. The lowest BCUT2D eigenvalue weighted by atomic mass is 10.1. The summed E-state index contributed by atoms with van der Waals surface area (Å²) in [7, 11) is -3.98. The molecule has 1 aliphatic heterocycles. The van der Waals surface area contributed by atoms with Crippen molar-refractivity contribution in [2.45, 2.75) is 44.2 Å². The molecule has 2 N–H and O–H groups in total. The van der Waals surface area contributed by atoms with Gasteiger partial charge in [-0.05, 0) is 66.9 Å². The predicted molar refractivity (Wildman–Crippen MR) is 113 cm³/mol. The molecule has 1 unspecified atom stereocenters. The number of ketones is 1. The quantitative estimate of drug-likeness (QED) is 0.463. The molecule has 30 heavy (non-hydrogen) atoms. The Labute approximate surface area is 183 Å². The van der Waals surface area contributed by atoms with Crippen molar-refractivity contribution in [1.82, 2.24) is 4.57 Å². The standard InChI is InChI=1S/C20H23BrN2O6S/c1-12-8-16(13(2)23(12)10-14-4-3-7-28-14)19(24)11-29-20(25)17-9-15(30(22,26)27)5-6-18(17)21/h5-6,8-9,14H,3-4,7,10-11H2,1-2H3,(H2,22,26,27). The van der Waals surface area contributed by atoms with Crippen molar-refractivity contribution < 1.29 is 27.5 Å². The van der Waals surface area contributed by atoms with E-state index in [4.69, 9.17) is 14.6 Å². The first kappa shape index (κ1) is 22.7. The molecule has 0 spiro atoms. The number of benzene rings is 1. The Morgan fingerprint density at radius 2 is 2.00 bits per heavy atom. The average Bonchev–Trinajstić information content (AvgIpc) is 3.29. The van der Waals surface area contributed by atoms with E-state index < -0.39 is 22.6 Å². The molecular formula is C20H23BrN2O6S. The lowest BCUT2D eigenvalue weighted by Crippen LogP contribution is -2.18. The van der Waals surface area contributed by atoms with Crippen LogP contribution in [-0.2, 0) is 26.0 Å². The van der Waals surface area contributed by atoms with Crippen molar-refractivity contribution in [3.05, 3.63) is 51.3 Å². The van der Waals surface area contributed by atoms with Crippen LogP contribution in [-0.4, -0.2) is 44.1 Å². The fraction of sp³-hybridized carbons (Fsp3) is 0.400. The zero-order valence-electron chi connectivity index (χ0n) is 16.7. The van der Waals surface area contributed by atoms with Gasteiger partial charge in [0, 0.05) is 34.6 Å². The number of carbonyl (C=O) groups excluding carboxylic acids is 2. The van der Waals surface area contributed by atoms with E-state index in [1.165, 1.54) is 12.1 Å². The number of hydrogen-bond acceptors (Lipinski definition) is 6. The van der Waals surface area contributed by atoms with Gasteiger partial charge in [-0.2, -0.15) is 0 Å². The largest absolute Gasteiger partial charge is 0.454 e. The van der Waals surface area contributed by atoms with E-state index in [0.717, 1.165) is 36.9 Å². The van der Waals surface area contributed by atoms with Crippen molar-refractivity contribution in [3.8, 4) is 0 Å². The van der Waals surface area contributed by atoms with E-state index in [9.17, 15) is 18.0 Å². The second-order valence-electron chi connectivity index (χ2n) is 7.22. The van der Waals surface area contributed by atoms with E-state index in [-0.39, 0.29) is 22.3 Å². The first-order valence-electron chi connectivity index (χ1n) is 9.39. The van der Waals surface area contributed by atoms with Crippen LogP contribution in [0.1, 0.15) is 44.9 Å². The molecule has 1 aromatic heterocycles. The maximum atomic E-state index is 12.7. The van der Waals surface area contributed by atoms with E-state index >= 15 is 0 Å². The van der Waals surface area contributed by atoms with Crippen LogP contribution >= 0.6 is 15.9 Å². The molecule has 1 aromatic carbocycles. The minimum absolute atomic E-state index is 0.0295. The highest BCUT2D eigenvalue weighted by Gasteiger charge is 2.23. The number of rotatable bonds is 7. The summed E-state index contributed by atoms with van der Waals surface area (Å²) in [5, 5.41) is 5.10. The minimum atomic E-state index is -3.98. The Morgan fingerprint density at radius 1 is 1.27 bits per heavy atom. The third-order valence-electron chi connectivity index (χ3n) is 5.10. The highest BCUT2D eigenvalue weighted by Crippen LogP contribution is 2.23. The number of esters is 1. The Kier molecular flexibility index (Phi) is 6.81. The molecule has 0 radical (unpaired) electrons. The number of aromatic nitrogens is 1. The maximum Gasteiger partial charge on any atom is 0.339 e. The number of aryl methyl sites for hydroxylation is 1. The van der Waals surface area contributed by atoms with Crippen LogP contribution in [0.3, 0.4) is 0 Å². The predicted octanol–water partition coefficient (Wildman–Crippen LogP) is 2.73. The van der Waals surface area contributed by atoms with Gasteiger partial charge in [0.1, 0.15) is 0 Å². The van der Waals surface area contributed by atoms with E-state index in [1.807, 2.05) is 18.4 Å². The molecule has 3 rings (SSSR count). The summed E-state index contributed by atoms with van der Waals surface area (Å²) in [6.07, 6.45) is 2.16. The smallest absolute Gasteiger partial charge is 0.339 e. The molecule has 162 valence electrons. The lowest BCUT2D eigenvalue weighted by Gasteiger charge is -2.14. The van der Waals surface area contributed by atoms with Crippen LogP contribution in [0.2, 0.25) is 0 Å². The molecular weight excluding hydrogens is 476 g/mol.